The van der Waals surface area contributed by atoms with E-state index >= 15 is 0 Å². The Morgan fingerprint density at radius 3 is 2.43 bits per heavy atom. The summed E-state index contributed by atoms with van der Waals surface area (Å²) < 4.78 is 8.17. The third kappa shape index (κ3) is 4.05. The predicted octanol–water partition coefficient (Wildman–Crippen LogP) is 2.18. The summed E-state index contributed by atoms with van der Waals surface area (Å²) in [6.45, 7) is 14.1. The molecule has 2 rings (SSSR count). The molecular weight excluding hydrogens is 264 g/mol. The van der Waals surface area contributed by atoms with E-state index in [1.807, 2.05) is 10.9 Å². The van der Waals surface area contributed by atoms with Crippen LogP contribution in [0.25, 0.3) is 0 Å². The van der Waals surface area contributed by atoms with Gasteiger partial charge in [-0.3, -0.25) is 9.58 Å². The zero-order valence-corrected chi connectivity index (χ0v) is 14.1. The number of nitrogens with zero attached hydrogens (tertiary/aromatic N) is 3. The third-order valence-electron chi connectivity index (χ3n) is 3.88. The van der Waals surface area contributed by atoms with Gasteiger partial charge in [-0.2, -0.15) is 5.10 Å². The molecule has 5 heteroatoms. The van der Waals surface area contributed by atoms with Gasteiger partial charge < -0.3 is 10.5 Å². The second-order valence-electron chi connectivity index (χ2n) is 7.31. The highest BCUT2D eigenvalue weighted by Crippen LogP contribution is 2.33. The first-order valence-corrected chi connectivity index (χ1v) is 7.93. The molecule has 1 fully saturated rings. The maximum absolute atomic E-state index is 6.16. The fraction of sp³-hybridized carbons (Fsp3) is 0.812. The SMILES string of the molecule is CCCn1cc(C(CN)N2CC(C)(C)OC(C)(C)C2)cn1. The van der Waals surface area contributed by atoms with Crippen molar-refractivity contribution in [3.63, 3.8) is 0 Å². The van der Waals surface area contributed by atoms with Crippen LogP contribution in [0.1, 0.15) is 52.6 Å². The smallest absolute Gasteiger partial charge is 0.0761 e. The van der Waals surface area contributed by atoms with Crippen molar-refractivity contribution >= 4 is 0 Å². The molecule has 21 heavy (non-hydrogen) atoms. The number of nitrogens with two attached hydrogens (primary N) is 1. The molecule has 0 spiro atoms. The van der Waals surface area contributed by atoms with Crippen LogP contribution in [0.5, 0.6) is 0 Å². The fourth-order valence-electron chi connectivity index (χ4n) is 3.47. The third-order valence-corrected chi connectivity index (χ3v) is 3.88. The molecule has 5 nitrogen and oxygen atoms in total. The average Bonchev–Trinajstić information content (AvgIpc) is 2.75. The summed E-state index contributed by atoms with van der Waals surface area (Å²) in [7, 11) is 0. The fourth-order valence-corrected chi connectivity index (χ4v) is 3.47. The lowest BCUT2D eigenvalue weighted by Gasteiger charge is -2.49. The molecule has 0 radical (unpaired) electrons. The van der Waals surface area contributed by atoms with Crippen molar-refractivity contribution in [1.82, 2.24) is 14.7 Å². The highest BCUT2D eigenvalue weighted by atomic mass is 16.5. The molecule has 1 unspecified atom stereocenters. The van der Waals surface area contributed by atoms with E-state index in [0.29, 0.717) is 6.54 Å². The Hall–Kier alpha value is -0.910. The standard InChI is InChI=1S/C16H30N4O/c1-6-7-20-10-13(9-18-20)14(8-17)19-11-15(2,3)21-16(4,5)12-19/h9-10,14H,6-8,11-12,17H2,1-5H3. The van der Waals surface area contributed by atoms with Crippen LogP contribution in [0.4, 0.5) is 0 Å². The van der Waals surface area contributed by atoms with Gasteiger partial charge in [0, 0.05) is 37.9 Å². The first kappa shape index (κ1) is 16.5. The Kier molecular flexibility index (Phi) is 4.76. The summed E-state index contributed by atoms with van der Waals surface area (Å²) in [6.07, 6.45) is 5.19. The highest BCUT2D eigenvalue weighted by Gasteiger charge is 2.40. The molecule has 0 amide bonds. The largest absolute Gasteiger partial charge is 0.367 e. The summed E-state index contributed by atoms with van der Waals surface area (Å²) in [5.41, 5.74) is 6.97. The quantitative estimate of drug-likeness (QED) is 0.904. The summed E-state index contributed by atoms with van der Waals surface area (Å²) >= 11 is 0. The van der Waals surface area contributed by atoms with Gasteiger partial charge in [0.2, 0.25) is 0 Å². The van der Waals surface area contributed by atoms with Crippen LogP contribution in [0.2, 0.25) is 0 Å². The predicted molar refractivity (Wildman–Crippen MR) is 85.1 cm³/mol. The van der Waals surface area contributed by atoms with Gasteiger partial charge in [0.05, 0.1) is 23.4 Å². The summed E-state index contributed by atoms with van der Waals surface area (Å²) in [5, 5.41) is 4.45. The van der Waals surface area contributed by atoms with Crippen molar-refractivity contribution in [3.05, 3.63) is 18.0 Å². The van der Waals surface area contributed by atoms with Crippen molar-refractivity contribution in [2.45, 2.75) is 64.8 Å². The van der Waals surface area contributed by atoms with Gasteiger partial charge >= 0.3 is 0 Å². The second-order valence-corrected chi connectivity index (χ2v) is 7.31. The molecule has 120 valence electrons. The van der Waals surface area contributed by atoms with Crippen LogP contribution in [0.3, 0.4) is 0 Å². The Morgan fingerprint density at radius 2 is 1.90 bits per heavy atom. The topological polar surface area (TPSA) is 56.3 Å². The van der Waals surface area contributed by atoms with Crippen molar-refractivity contribution in [3.8, 4) is 0 Å². The highest BCUT2D eigenvalue weighted by molar-refractivity contribution is 5.12. The molecule has 1 atom stereocenters. The van der Waals surface area contributed by atoms with Crippen LogP contribution in [-0.4, -0.2) is 45.5 Å². The first-order valence-electron chi connectivity index (χ1n) is 7.93. The number of morpholine rings is 1. The normalized spacial score (nSPS) is 23.1. The van der Waals surface area contributed by atoms with Gasteiger partial charge in [-0.05, 0) is 34.1 Å². The number of ether oxygens (including phenoxy) is 1. The lowest BCUT2D eigenvalue weighted by Crippen LogP contribution is -2.58. The zero-order valence-electron chi connectivity index (χ0n) is 14.1. The Balaban J connectivity index is 2.19. The van der Waals surface area contributed by atoms with Gasteiger partial charge in [-0.25, -0.2) is 0 Å². The van der Waals surface area contributed by atoms with Gasteiger partial charge in [0.1, 0.15) is 0 Å². The van der Waals surface area contributed by atoms with Gasteiger partial charge in [0.25, 0.3) is 0 Å². The summed E-state index contributed by atoms with van der Waals surface area (Å²) in [4.78, 5) is 2.44. The van der Waals surface area contributed by atoms with Crippen LogP contribution in [-0.2, 0) is 11.3 Å². The molecule has 0 bridgehead atoms. The van der Waals surface area contributed by atoms with Crippen LogP contribution in [0, 0.1) is 0 Å². The molecule has 2 heterocycles. The van der Waals surface area contributed by atoms with Gasteiger partial charge in [0.15, 0.2) is 0 Å². The van der Waals surface area contributed by atoms with Crippen LogP contribution >= 0.6 is 0 Å². The monoisotopic (exact) mass is 294 g/mol. The molecule has 0 aromatic carbocycles. The molecular formula is C16H30N4O. The van der Waals surface area contributed by atoms with Crippen molar-refractivity contribution in [2.75, 3.05) is 19.6 Å². The molecule has 0 aliphatic carbocycles. The van der Waals surface area contributed by atoms with Crippen LogP contribution in [0.15, 0.2) is 12.4 Å². The van der Waals surface area contributed by atoms with E-state index in [1.165, 1.54) is 5.56 Å². The van der Waals surface area contributed by atoms with Crippen LogP contribution < -0.4 is 5.73 Å². The second kappa shape index (κ2) is 6.07. The van der Waals surface area contributed by atoms with Crippen molar-refractivity contribution in [1.29, 1.82) is 0 Å². The van der Waals surface area contributed by atoms with E-state index in [0.717, 1.165) is 26.1 Å². The van der Waals surface area contributed by atoms with E-state index in [1.54, 1.807) is 0 Å². The molecule has 1 aliphatic heterocycles. The average molecular weight is 294 g/mol. The van der Waals surface area contributed by atoms with Gasteiger partial charge in [-0.15, -0.1) is 0 Å². The van der Waals surface area contributed by atoms with E-state index in [2.05, 4.69) is 50.8 Å². The summed E-state index contributed by atoms with van der Waals surface area (Å²) in [5.74, 6) is 0. The molecule has 1 aromatic heterocycles. The Labute approximate surface area is 128 Å². The summed E-state index contributed by atoms with van der Waals surface area (Å²) in [6, 6.07) is 0.207. The van der Waals surface area contributed by atoms with Crippen molar-refractivity contribution in [2.24, 2.45) is 5.73 Å². The number of hydrogen-bond donors (Lipinski definition) is 1. The Morgan fingerprint density at radius 1 is 1.29 bits per heavy atom. The molecule has 1 saturated heterocycles. The minimum atomic E-state index is -0.158. The van der Waals surface area contributed by atoms with E-state index < -0.39 is 0 Å². The number of rotatable bonds is 5. The van der Waals surface area contributed by atoms with E-state index in [9.17, 15) is 0 Å². The maximum atomic E-state index is 6.16. The molecule has 2 N–H and O–H groups in total. The molecule has 1 aliphatic rings. The lowest BCUT2D eigenvalue weighted by molar-refractivity contribution is -0.187. The van der Waals surface area contributed by atoms with E-state index in [-0.39, 0.29) is 17.2 Å². The first-order chi connectivity index (χ1) is 9.76. The Bertz CT molecular complexity index is 451. The van der Waals surface area contributed by atoms with Crippen molar-refractivity contribution < 1.29 is 4.74 Å². The molecule has 1 aromatic rings. The molecule has 0 saturated carbocycles. The lowest BCUT2D eigenvalue weighted by atomic mass is 9.96. The minimum absolute atomic E-state index is 0.158. The zero-order chi connectivity index (χ0) is 15.7. The number of aromatic nitrogens is 2. The van der Waals surface area contributed by atoms with Gasteiger partial charge in [-0.1, -0.05) is 6.92 Å². The number of hydrogen-bond acceptors (Lipinski definition) is 4. The van der Waals surface area contributed by atoms with E-state index in [4.69, 9.17) is 10.5 Å². The minimum Gasteiger partial charge on any atom is -0.367 e. The maximum Gasteiger partial charge on any atom is 0.0761 e. The number of aryl methyl sites for hydroxylation is 1.